The first kappa shape index (κ1) is 25.7. The number of nitrogens with zero attached hydrogens (tertiary/aromatic N) is 5. The van der Waals surface area contributed by atoms with Gasteiger partial charge in [-0.3, -0.25) is 9.67 Å². The van der Waals surface area contributed by atoms with Crippen LogP contribution in [0, 0.1) is 0 Å². The molecule has 0 amide bonds. The SMILES string of the molecule is FC(F)(F)Oc1ccc(CNCCCCOCCNc2cc(-n3cnnc3)cc3[nH]nnc23)cc1Cl. The molecule has 0 aliphatic heterocycles. The van der Waals surface area contributed by atoms with Crippen LogP contribution in [0.3, 0.4) is 0 Å². The van der Waals surface area contributed by atoms with E-state index in [1.54, 1.807) is 23.3 Å². The van der Waals surface area contributed by atoms with E-state index in [0.717, 1.165) is 47.4 Å². The summed E-state index contributed by atoms with van der Waals surface area (Å²) >= 11 is 5.86. The predicted octanol–water partition coefficient (Wildman–Crippen LogP) is 4.09. The molecule has 4 aromatic rings. The Morgan fingerprint density at radius 1 is 1.03 bits per heavy atom. The number of fused-ring (bicyclic) bond motifs is 1. The molecule has 0 bridgehead atoms. The molecule has 0 aliphatic carbocycles. The van der Waals surface area contributed by atoms with Gasteiger partial charge in [0.05, 0.1) is 28.5 Å². The van der Waals surface area contributed by atoms with Crippen LogP contribution in [0.4, 0.5) is 18.9 Å². The smallest absolute Gasteiger partial charge is 0.404 e. The number of aromatic nitrogens is 6. The fourth-order valence-corrected chi connectivity index (χ4v) is 3.71. The van der Waals surface area contributed by atoms with E-state index in [4.69, 9.17) is 16.3 Å². The maximum atomic E-state index is 12.3. The second kappa shape index (κ2) is 12.0. The van der Waals surface area contributed by atoms with Crippen LogP contribution in [-0.2, 0) is 11.3 Å². The quantitative estimate of drug-likeness (QED) is 0.224. The molecule has 0 aliphatic rings. The van der Waals surface area contributed by atoms with Gasteiger partial charge in [0.1, 0.15) is 23.9 Å². The van der Waals surface area contributed by atoms with Crippen LogP contribution in [0.2, 0.25) is 5.02 Å². The molecule has 2 heterocycles. The van der Waals surface area contributed by atoms with Crippen molar-refractivity contribution in [1.82, 2.24) is 35.5 Å². The van der Waals surface area contributed by atoms with Gasteiger partial charge in [-0.1, -0.05) is 22.9 Å². The zero-order valence-electron chi connectivity index (χ0n) is 19.1. The fraction of sp³-hybridized carbons (Fsp3) is 0.364. The Morgan fingerprint density at radius 3 is 2.64 bits per heavy atom. The lowest BCUT2D eigenvalue weighted by molar-refractivity contribution is -0.274. The molecular formula is C22H24ClF3N8O2. The Bertz CT molecular complexity index is 1250. The fourth-order valence-electron chi connectivity index (χ4n) is 3.47. The Kier molecular flexibility index (Phi) is 8.57. The van der Waals surface area contributed by atoms with Gasteiger partial charge in [0.15, 0.2) is 0 Å². The van der Waals surface area contributed by atoms with Gasteiger partial charge in [0, 0.05) is 19.7 Å². The lowest BCUT2D eigenvalue weighted by atomic mass is 10.2. The lowest BCUT2D eigenvalue weighted by Gasteiger charge is -2.12. The van der Waals surface area contributed by atoms with Crippen LogP contribution >= 0.6 is 11.6 Å². The third kappa shape index (κ3) is 7.29. The summed E-state index contributed by atoms with van der Waals surface area (Å²) in [5.41, 5.74) is 4.01. The highest BCUT2D eigenvalue weighted by Crippen LogP contribution is 2.30. The number of ether oxygens (including phenoxy) is 2. The number of unbranched alkanes of at least 4 members (excludes halogenated alkanes) is 1. The molecule has 0 fully saturated rings. The molecule has 36 heavy (non-hydrogen) atoms. The summed E-state index contributed by atoms with van der Waals surface area (Å²) in [5.74, 6) is -0.409. The number of alkyl halides is 3. The zero-order chi connectivity index (χ0) is 25.4. The van der Waals surface area contributed by atoms with Gasteiger partial charge in [-0.05, 0) is 49.2 Å². The summed E-state index contributed by atoms with van der Waals surface area (Å²) in [6.45, 7) is 2.95. The molecule has 0 radical (unpaired) electrons. The second-order valence-electron chi connectivity index (χ2n) is 7.81. The van der Waals surface area contributed by atoms with Crippen LogP contribution < -0.4 is 15.4 Å². The maximum absolute atomic E-state index is 12.3. The second-order valence-corrected chi connectivity index (χ2v) is 8.21. The van der Waals surface area contributed by atoms with Gasteiger partial charge in [0.2, 0.25) is 0 Å². The molecule has 14 heteroatoms. The highest BCUT2D eigenvalue weighted by Gasteiger charge is 2.32. The van der Waals surface area contributed by atoms with E-state index in [-0.39, 0.29) is 5.02 Å². The molecule has 2 aromatic heterocycles. The number of rotatable bonds is 13. The first-order valence-corrected chi connectivity index (χ1v) is 11.5. The van der Waals surface area contributed by atoms with Gasteiger partial charge in [0.25, 0.3) is 0 Å². The van der Waals surface area contributed by atoms with Crippen molar-refractivity contribution in [3.8, 4) is 11.4 Å². The van der Waals surface area contributed by atoms with Gasteiger partial charge in [-0.15, -0.1) is 28.5 Å². The topological polar surface area (TPSA) is 115 Å². The van der Waals surface area contributed by atoms with Crippen molar-refractivity contribution in [3.63, 3.8) is 0 Å². The molecule has 0 saturated heterocycles. The summed E-state index contributed by atoms with van der Waals surface area (Å²) < 4.78 is 48.3. The minimum Gasteiger partial charge on any atom is -0.404 e. The van der Waals surface area contributed by atoms with Crippen molar-refractivity contribution in [1.29, 1.82) is 0 Å². The van der Waals surface area contributed by atoms with Gasteiger partial charge >= 0.3 is 6.36 Å². The summed E-state index contributed by atoms with van der Waals surface area (Å²) in [4.78, 5) is 0. The number of hydrogen-bond acceptors (Lipinski definition) is 8. The number of aromatic amines is 1. The highest BCUT2D eigenvalue weighted by molar-refractivity contribution is 6.32. The first-order chi connectivity index (χ1) is 17.4. The number of nitrogens with one attached hydrogen (secondary N) is 3. The molecule has 0 atom stereocenters. The summed E-state index contributed by atoms with van der Waals surface area (Å²) in [5, 5.41) is 25.0. The summed E-state index contributed by atoms with van der Waals surface area (Å²) in [6, 6.07) is 8.09. The third-order valence-corrected chi connectivity index (χ3v) is 5.43. The van der Waals surface area contributed by atoms with Crippen LogP contribution in [0.5, 0.6) is 5.75 Å². The van der Waals surface area contributed by atoms with E-state index in [2.05, 4.69) is 41.0 Å². The molecule has 3 N–H and O–H groups in total. The molecule has 4 rings (SSSR count). The van der Waals surface area contributed by atoms with Crippen molar-refractivity contribution in [3.05, 3.63) is 53.6 Å². The molecule has 192 valence electrons. The predicted molar refractivity (Wildman–Crippen MR) is 127 cm³/mol. The molecule has 0 spiro atoms. The lowest BCUT2D eigenvalue weighted by Crippen LogP contribution is -2.18. The van der Waals surface area contributed by atoms with Gasteiger partial charge in [-0.25, -0.2) is 0 Å². The van der Waals surface area contributed by atoms with Crippen molar-refractivity contribution in [2.75, 3.05) is 31.6 Å². The molecule has 0 unspecified atom stereocenters. The average molecular weight is 525 g/mol. The monoisotopic (exact) mass is 524 g/mol. The largest absolute Gasteiger partial charge is 0.573 e. The minimum atomic E-state index is -4.77. The Balaban J connectivity index is 1.10. The zero-order valence-corrected chi connectivity index (χ0v) is 19.8. The molecule has 10 nitrogen and oxygen atoms in total. The maximum Gasteiger partial charge on any atom is 0.573 e. The van der Waals surface area contributed by atoms with Crippen LogP contribution in [0.15, 0.2) is 43.0 Å². The first-order valence-electron chi connectivity index (χ1n) is 11.2. The Morgan fingerprint density at radius 2 is 1.86 bits per heavy atom. The molecule has 2 aromatic carbocycles. The van der Waals surface area contributed by atoms with E-state index in [9.17, 15) is 13.2 Å². The number of anilines is 1. The van der Waals surface area contributed by atoms with Crippen LogP contribution in [-0.4, -0.2) is 62.8 Å². The number of benzene rings is 2. The van der Waals surface area contributed by atoms with Gasteiger partial charge in [-0.2, -0.15) is 0 Å². The summed E-state index contributed by atoms with van der Waals surface area (Å²) in [6.07, 6.45) is 0.213. The number of halogens is 4. The van der Waals surface area contributed by atoms with Crippen LogP contribution in [0.1, 0.15) is 18.4 Å². The standard InChI is InChI=1S/C22H24ClF3N8O2/c23-17-9-15(3-4-20(17)36-22(24,25)26)12-27-5-1-2-7-35-8-6-28-18-10-16(34-13-29-30-14-34)11-19-21(18)32-33-31-19/h3-4,9-11,13-14,27-28H,1-2,5-8,12H2,(H,31,32,33). The van der Waals surface area contributed by atoms with E-state index in [1.165, 1.54) is 12.1 Å². The van der Waals surface area contributed by atoms with Crippen molar-refractivity contribution in [2.45, 2.75) is 25.7 Å². The Labute approximate surface area is 209 Å². The Hall–Kier alpha value is -3.42. The third-order valence-electron chi connectivity index (χ3n) is 5.14. The summed E-state index contributed by atoms with van der Waals surface area (Å²) in [7, 11) is 0. The van der Waals surface area contributed by atoms with Gasteiger partial charge < -0.3 is 20.1 Å². The minimum absolute atomic E-state index is 0.0802. The number of hydrogen-bond donors (Lipinski definition) is 3. The molecule has 0 saturated carbocycles. The molecular weight excluding hydrogens is 501 g/mol. The normalized spacial score (nSPS) is 11.8. The van der Waals surface area contributed by atoms with E-state index in [0.29, 0.717) is 26.3 Å². The average Bonchev–Trinajstić information content (AvgIpc) is 3.53. The number of H-pyrrole nitrogens is 1. The van der Waals surface area contributed by atoms with Crippen LogP contribution in [0.25, 0.3) is 16.7 Å². The highest BCUT2D eigenvalue weighted by atomic mass is 35.5. The van der Waals surface area contributed by atoms with E-state index >= 15 is 0 Å². The van der Waals surface area contributed by atoms with E-state index in [1.807, 2.05) is 12.1 Å². The van der Waals surface area contributed by atoms with Crippen molar-refractivity contribution < 1.29 is 22.6 Å². The van der Waals surface area contributed by atoms with Crippen molar-refractivity contribution in [2.24, 2.45) is 0 Å². The van der Waals surface area contributed by atoms with E-state index < -0.39 is 12.1 Å². The van der Waals surface area contributed by atoms with Crippen molar-refractivity contribution >= 4 is 28.3 Å².